The van der Waals surface area contributed by atoms with Crippen molar-refractivity contribution in [1.29, 1.82) is 0 Å². The summed E-state index contributed by atoms with van der Waals surface area (Å²) in [6.07, 6.45) is 5.69. The van der Waals surface area contributed by atoms with Crippen LogP contribution in [0.1, 0.15) is 11.3 Å². The summed E-state index contributed by atoms with van der Waals surface area (Å²) in [6, 6.07) is 5.34. The van der Waals surface area contributed by atoms with Crippen molar-refractivity contribution in [2.75, 3.05) is 17.2 Å². The lowest BCUT2D eigenvalue weighted by molar-refractivity contribution is -0.111. The van der Waals surface area contributed by atoms with E-state index in [1.165, 1.54) is 6.08 Å². The van der Waals surface area contributed by atoms with Gasteiger partial charge in [0.2, 0.25) is 11.9 Å². The highest BCUT2D eigenvalue weighted by Gasteiger charge is 2.16. The molecule has 164 valence electrons. The number of nitrogens with one attached hydrogen (secondary N) is 2. The fourth-order valence-electron chi connectivity index (χ4n) is 3.44. The second kappa shape index (κ2) is 8.60. The molecule has 0 saturated heterocycles. The first kappa shape index (κ1) is 21.2. The number of anilines is 3. The van der Waals surface area contributed by atoms with E-state index in [1.807, 2.05) is 19.9 Å². The van der Waals surface area contributed by atoms with Crippen molar-refractivity contribution in [1.82, 2.24) is 24.3 Å². The van der Waals surface area contributed by atoms with E-state index in [4.69, 9.17) is 5.11 Å². The van der Waals surface area contributed by atoms with Gasteiger partial charge in [0.15, 0.2) is 11.6 Å². The number of hydrogen-bond acceptors (Lipinski definition) is 6. The van der Waals surface area contributed by atoms with Crippen LogP contribution in [-0.2, 0) is 11.3 Å². The van der Waals surface area contributed by atoms with Crippen molar-refractivity contribution in [3.63, 3.8) is 0 Å². The number of benzene rings is 1. The fourth-order valence-corrected chi connectivity index (χ4v) is 3.44. The number of aliphatic hydroxyl groups is 1. The average Bonchev–Trinajstić information content (AvgIpc) is 3.29. The number of hydrogen-bond donors (Lipinski definition) is 3. The molecule has 0 saturated carbocycles. The Hall–Kier alpha value is -4.05. The van der Waals surface area contributed by atoms with Crippen molar-refractivity contribution in [3.8, 4) is 5.82 Å². The molecule has 9 nitrogen and oxygen atoms in total. The first-order valence-electron chi connectivity index (χ1n) is 9.89. The van der Waals surface area contributed by atoms with Crippen LogP contribution >= 0.6 is 0 Å². The van der Waals surface area contributed by atoms with Gasteiger partial charge in [-0.2, -0.15) is 10.1 Å². The molecule has 0 aliphatic heterocycles. The van der Waals surface area contributed by atoms with E-state index in [9.17, 15) is 9.18 Å². The molecule has 0 aliphatic rings. The van der Waals surface area contributed by atoms with Crippen molar-refractivity contribution >= 4 is 34.1 Å². The Morgan fingerprint density at radius 2 is 2.12 bits per heavy atom. The maximum absolute atomic E-state index is 14.7. The average molecular weight is 435 g/mol. The van der Waals surface area contributed by atoms with E-state index in [0.29, 0.717) is 17.9 Å². The number of aliphatic hydroxyl groups excluding tert-OH is 1. The SMILES string of the molecule is C=CC(=O)Nc1ccc2c(c1)c(C)cn2-c1nc(Nc2cnn(CCO)c2C)ncc1F. The zero-order chi connectivity index (χ0) is 22.8. The number of aryl methyl sites for hydroxylation is 1. The standard InChI is InChI=1S/C22H22FN7O2/c1-4-20(32)26-15-5-6-19-16(9-15)13(2)12-29(19)21-17(23)10-24-22(28-21)27-18-11-25-30(7-8-31)14(18)3/h4-6,9-12,31H,1,7-8H2,2-3H3,(H,26,32)(H,24,27,28). The number of carbonyl (C=O) groups is 1. The van der Waals surface area contributed by atoms with Crippen LogP contribution in [0.3, 0.4) is 0 Å². The Labute approximate surface area is 183 Å². The molecule has 0 unspecified atom stereocenters. The van der Waals surface area contributed by atoms with Crippen LogP contribution in [0.25, 0.3) is 16.7 Å². The number of carbonyl (C=O) groups excluding carboxylic acids is 1. The van der Waals surface area contributed by atoms with Crippen LogP contribution in [0.5, 0.6) is 0 Å². The predicted molar refractivity (Wildman–Crippen MR) is 120 cm³/mol. The molecule has 4 aromatic rings. The Morgan fingerprint density at radius 1 is 1.31 bits per heavy atom. The highest BCUT2D eigenvalue weighted by molar-refractivity contribution is 6.00. The molecule has 0 bridgehead atoms. The molecule has 0 radical (unpaired) electrons. The van der Waals surface area contributed by atoms with E-state index in [1.54, 1.807) is 33.8 Å². The molecular formula is C22H22FN7O2. The Balaban J connectivity index is 1.71. The highest BCUT2D eigenvalue weighted by atomic mass is 19.1. The Morgan fingerprint density at radius 3 is 2.88 bits per heavy atom. The lowest BCUT2D eigenvalue weighted by Gasteiger charge is -2.10. The number of nitrogens with zero attached hydrogens (tertiary/aromatic N) is 5. The molecule has 4 rings (SSSR count). The van der Waals surface area contributed by atoms with Gasteiger partial charge in [0.1, 0.15) is 0 Å². The van der Waals surface area contributed by atoms with E-state index in [0.717, 1.165) is 28.4 Å². The zero-order valence-corrected chi connectivity index (χ0v) is 17.6. The van der Waals surface area contributed by atoms with Gasteiger partial charge in [-0.15, -0.1) is 0 Å². The van der Waals surface area contributed by atoms with Crippen LogP contribution in [0, 0.1) is 19.7 Å². The predicted octanol–water partition coefficient (Wildman–Crippen LogP) is 3.23. The van der Waals surface area contributed by atoms with E-state index >= 15 is 0 Å². The van der Waals surface area contributed by atoms with Crippen LogP contribution in [0.15, 0.2) is 49.4 Å². The summed E-state index contributed by atoms with van der Waals surface area (Å²) in [5.41, 5.74) is 3.69. The maximum Gasteiger partial charge on any atom is 0.247 e. The van der Waals surface area contributed by atoms with E-state index in [2.05, 4.69) is 32.3 Å². The number of rotatable bonds is 7. The van der Waals surface area contributed by atoms with E-state index in [-0.39, 0.29) is 24.3 Å². The summed E-state index contributed by atoms with van der Waals surface area (Å²) >= 11 is 0. The van der Waals surface area contributed by atoms with Gasteiger partial charge >= 0.3 is 0 Å². The molecule has 3 aromatic heterocycles. The topological polar surface area (TPSA) is 110 Å². The molecule has 0 atom stereocenters. The quantitative estimate of drug-likeness (QED) is 0.385. The molecule has 0 spiro atoms. The van der Waals surface area contributed by atoms with Gasteiger partial charge in [-0.05, 0) is 43.7 Å². The fraction of sp³-hybridized carbons (Fsp3) is 0.182. The second-order valence-corrected chi connectivity index (χ2v) is 7.19. The summed E-state index contributed by atoms with van der Waals surface area (Å²) in [7, 11) is 0. The van der Waals surface area contributed by atoms with Gasteiger partial charge in [0.25, 0.3) is 0 Å². The van der Waals surface area contributed by atoms with E-state index < -0.39 is 5.82 Å². The van der Waals surface area contributed by atoms with Gasteiger partial charge in [-0.1, -0.05) is 6.58 Å². The first-order chi connectivity index (χ1) is 15.4. The highest BCUT2D eigenvalue weighted by Crippen LogP contribution is 2.28. The summed E-state index contributed by atoms with van der Waals surface area (Å²) in [5, 5.41) is 20.0. The number of aromatic nitrogens is 5. The van der Waals surface area contributed by atoms with Gasteiger partial charge < -0.3 is 15.7 Å². The third-order valence-electron chi connectivity index (χ3n) is 5.07. The lowest BCUT2D eigenvalue weighted by atomic mass is 10.2. The summed E-state index contributed by atoms with van der Waals surface area (Å²) < 4.78 is 18.0. The molecule has 3 N–H and O–H groups in total. The smallest absolute Gasteiger partial charge is 0.247 e. The van der Waals surface area contributed by atoms with Crippen molar-refractivity contribution in [3.05, 3.63) is 66.5 Å². The molecule has 0 fully saturated rings. The third-order valence-corrected chi connectivity index (χ3v) is 5.07. The lowest BCUT2D eigenvalue weighted by Crippen LogP contribution is -2.08. The minimum Gasteiger partial charge on any atom is -0.394 e. The minimum absolute atomic E-state index is 0.0296. The van der Waals surface area contributed by atoms with Gasteiger partial charge in [-0.3, -0.25) is 14.0 Å². The Kier molecular flexibility index (Phi) is 5.69. The maximum atomic E-state index is 14.7. The molecule has 1 amide bonds. The summed E-state index contributed by atoms with van der Waals surface area (Å²) in [6.45, 7) is 7.53. The Bertz CT molecular complexity index is 1330. The van der Waals surface area contributed by atoms with Crippen LogP contribution in [-0.4, -0.2) is 41.9 Å². The minimum atomic E-state index is -0.579. The van der Waals surface area contributed by atoms with Crippen molar-refractivity contribution < 1.29 is 14.3 Å². The summed E-state index contributed by atoms with van der Waals surface area (Å²) in [5.74, 6) is -0.591. The monoisotopic (exact) mass is 435 g/mol. The molecule has 10 heteroatoms. The number of amides is 1. The van der Waals surface area contributed by atoms with Crippen molar-refractivity contribution in [2.24, 2.45) is 0 Å². The molecule has 3 heterocycles. The van der Waals surface area contributed by atoms with Gasteiger partial charge in [0, 0.05) is 17.3 Å². The normalized spacial score (nSPS) is 11.0. The number of halogens is 1. The second-order valence-electron chi connectivity index (χ2n) is 7.19. The number of fused-ring (bicyclic) bond motifs is 1. The summed E-state index contributed by atoms with van der Waals surface area (Å²) in [4.78, 5) is 20.0. The molecule has 1 aromatic carbocycles. The van der Waals surface area contributed by atoms with Gasteiger partial charge in [-0.25, -0.2) is 9.37 Å². The van der Waals surface area contributed by atoms with Crippen LogP contribution in [0.2, 0.25) is 0 Å². The molecule has 32 heavy (non-hydrogen) atoms. The largest absolute Gasteiger partial charge is 0.394 e. The zero-order valence-electron chi connectivity index (χ0n) is 17.6. The van der Waals surface area contributed by atoms with Crippen molar-refractivity contribution in [2.45, 2.75) is 20.4 Å². The molecular weight excluding hydrogens is 413 g/mol. The first-order valence-corrected chi connectivity index (χ1v) is 9.89. The van der Waals surface area contributed by atoms with Crippen LogP contribution in [0.4, 0.5) is 21.7 Å². The van der Waals surface area contributed by atoms with Crippen LogP contribution < -0.4 is 10.6 Å². The molecule has 0 aliphatic carbocycles. The van der Waals surface area contributed by atoms with Gasteiger partial charge in [0.05, 0.1) is 42.4 Å². The third kappa shape index (κ3) is 3.95.